The van der Waals surface area contributed by atoms with Gasteiger partial charge in [-0.25, -0.2) is 9.78 Å². The molecule has 0 saturated carbocycles. The molecule has 1 N–H and O–H groups in total. The van der Waals surface area contributed by atoms with E-state index in [1.54, 1.807) is 18.3 Å². The Hall–Kier alpha value is -3.38. The van der Waals surface area contributed by atoms with E-state index in [0.717, 1.165) is 22.3 Å². The van der Waals surface area contributed by atoms with Crippen LogP contribution in [0.1, 0.15) is 38.7 Å². The van der Waals surface area contributed by atoms with Crippen LogP contribution in [0.3, 0.4) is 0 Å². The number of nitrogens with zero attached hydrogens (tertiary/aromatic N) is 2. The number of carbonyl (C=O) groups is 1. The molecular weight excluding hydrogens is 402 g/mol. The van der Waals surface area contributed by atoms with Crippen molar-refractivity contribution in [2.24, 2.45) is 0 Å². The van der Waals surface area contributed by atoms with Gasteiger partial charge >= 0.3 is 5.76 Å². The fourth-order valence-electron chi connectivity index (χ4n) is 4.13. The van der Waals surface area contributed by atoms with Crippen molar-refractivity contribution in [3.05, 3.63) is 98.2 Å². The number of aromatic amines is 1. The third-order valence-corrected chi connectivity index (χ3v) is 5.99. The number of carbonyl (C=O) groups excluding carboxylic acids is 1. The molecule has 4 aromatic rings. The second kappa shape index (κ2) is 7.15. The van der Waals surface area contributed by atoms with Crippen LogP contribution in [0.2, 0.25) is 5.15 Å². The summed E-state index contributed by atoms with van der Waals surface area (Å²) in [5.41, 5.74) is 5.66. The van der Waals surface area contributed by atoms with Gasteiger partial charge in [0.2, 0.25) is 0 Å². The minimum Gasteiger partial charge on any atom is -0.408 e. The molecule has 6 nitrogen and oxygen atoms in total. The Labute approximate surface area is 177 Å². The molecule has 1 aliphatic rings. The summed E-state index contributed by atoms with van der Waals surface area (Å²) in [5, 5.41) is 0.460. The van der Waals surface area contributed by atoms with Crippen molar-refractivity contribution in [1.29, 1.82) is 0 Å². The van der Waals surface area contributed by atoms with Gasteiger partial charge in [0.15, 0.2) is 5.58 Å². The minimum absolute atomic E-state index is 0.0242. The predicted octanol–water partition coefficient (Wildman–Crippen LogP) is 4.42. The summed E-state index contributed by atoms with van der Waals surface area (Å²) in [6.45, 7) is 2.39. The average molecular weight is 420 g/mol. The minimum atomic E-state index is -0.494. The number of aromatic nitrogens is 2. The van der Waals surface area contributed by atoms with Gasteiger partial charge in [-0.2, -0.15) is 0 Å². The molecule has 1 unspecified atom stereocenters. The second-order valence-corrected chi connectivity index (χ2v) is 7.84. The number of pyridine rings is 1. The van der Waals surface area contributed by atoms with Gasteiger partial charge < -0.3 is 9.32 Å². The highest BCUT2D eigenvalue weighted by atomic mass is 35.5. The normalized spacial score (nSPS) is 15.7. The van der Waals surface area contributed by atoms with E-state index in [2.05, 4.69) is 9.97 Å². The standard InChI is InChI=1S/C23H18ClN3O3/c1-13-8-9-25-21(24)17(13)11-19-15-4-2-3-5-16(15)22(28)27(19)12-14-6-7-18-20(10-14)30-23(29)26-18/h2-10,19H,11-12H2,1H3,(H,26,29). The SMILES string of the molecule is Cc1ccnc(Cl)c1CC1c2ccccc2C(=O)N1Cc1ccc2[nH]c(=O)oc2c1. The zero-order chi connectivity index (χ0) is 20.8. The summed E-state index contributed by atoms with van der Waals surface area (Å²) < 4.78 is 5.18. The first-order chi connectivity index (χ1) is 14.5. The van der Waals surface area contributed by atoms with Gasteiger partial charge in [0.25, 0.3) is 5.91 Å². The van der Waals surface area contributed by atoms with E-state index in [4.69, 9.17) is 16.0 Å². The smallest absolute Gasteiger partial charge is 0.408 e. The lowest BCUT2D eigenvalue weighted by atomic mass is 9.96. The summed E-state index contributed by atoms with van der Waals surface area (Å²) in [7, 11) is 0. The summed E-state index contributed by atoms with van der Waals surface area (Å²) in [5.74, 6) is -0.518. The molecule has 1 amide bonds. The number of halogens is 1. The number of H-pyrrole nitrogens is 1. The Kier molecular flexibility index (Phi) is 4.44. The number of hydrogen-bond donors (Lipinski definition) is 1. The van der Waals surface area contributed by atoms with Crippen LogP contribution < -0.4 is 5.76 Å². The highest BCUT2D eigenvalue weighted by molar-refractivity contribution is 6.30. The number of amides is 1. The molecule has 0 spiro atoms. The molecule has 0 saturated heterocycles. The molecule has 30 heavy (non-hydrogen) atoms. The van der Waals surface area contributed by atoms with Crippen LogP contribution in [0.15, 0.2) is 63.9 Å². The Morgan fingerprint density at radius 3 is 2.83 bits per heavy atom. The van der Waals surface area contributed by atoms with Gasteiger partial charge in [-0.3, -0.25) is 9.78 Å². The van der Waals surface area contributed by atoms with Crippen LogP contribution in [-0.4, -0.2) is 20.8 Å². The summed E-state index contributed by atoms with van der Waals surface area (Å²) in [4.78, 5) is 33.4. The largest absolute Gasteiger partial charge is 0.417 e. The summed E-state index contributed by atoms with van der Waals surface area (Å²) >= 11 is 6.39. The first kappa shape index (κ1) is 18.6. The monoisotopic (exact) mass is 419 g/mol. The topological polar surface area (TPSA) is 79.2 Å². The fourth-order valence-corrected chi connectivity index (χ4v) is 4.41. The third-order valence-electron chi connectivity index (χ3n) is 5.66. The van der Waals surface area contributed by atoms with Gasteiger partial charge in [-0.1, -0.05) is 35.9 Å². The van der Waals surface area contributed by atoms with Gasteiger partial charge in [0.05, 0.1) is 11.6 Å². The lowest BCUT2D eigenvalue weighted by molar-refractivity contribution is 0.0709. The van der Waals surface area contributed by atoms with E-state index in [9.17, 15) is 9.59 Å². The van der Waals surface area contributed by atoms with Crippen LogP contribution in [0.4, 0.5) is 0 Å². The van der Waals surface area contributed by atoms with Crippen molar-refractivity contribution in [2.75, 3.05) is 0 Å². The summed E-state index contributed by atoms with van der Waals surface area (Å²) in [6, 6.07) is 14.9. The highest BCUT2D eigenvalue weighted by Crippen LogP contribution is 2.38. The fraction of sp³-hybridized carbons (Fsp3) is 0.174. The van der Waals surface area contributed by atoms with E-state index >= 15 is 0 Å². The third kappa shape index (κ3) is 3.09. The van der Waals surface area contributed by atoms with Crippen molar-refractivity contribution in [2.45, 2.75) is 25.9 Å². The predicted molar refractivity (Wildman–Crippen MR) is 114 cm³/mol. The maximum absolute atomic E-state index is 13.2. The molecular formula is C23H18ClN3O3. The van der Waals surface area contributed by atoms with Crippen LogP contribution in [0.5, 0.6) is 0 Å². The highest BCUT2D eigenvalue weighted by Gasteiger charge is 2.37. The number of hydrogen-bond acceptors (Lipinski definition) is 4. The molecule has 150 valence electrons. The van der Waals surface area contributed by atoms with Gasteiger partial charge in [0, 0.05) is 24.7 Å². The first-order valence-corrected chi connectivity index (χ1v) is 10.0. The van der Waals surface area contributed by atoms with Crippen LogP contribution in [0.25, 0.3) is 11.1 Å². The van der Waals surface area contributed by atoms with E-state index in [0.29, 0.717) is 34.8 Å². The van der Waals surface area contributed by atoms with E-state index < -0.39 is 5.76 Å². The number of oxazole rings is 1. The molecule has 2 aromatic carbocycles. The maximum Gasteiger partial charge on any atom is 0.417 e. The molecule has 0 aliphatic carbocycles. The Morgan fingerprint density at radius 1 is 1.17 bits per heavy atom. The van der Waals surface area contributed by atoms with Gasteiger partial charge in [0.1, 0.15) is 5.15 Å². The van der Waals surface area contributed by atoms with Gasteiger partial charge in [-0.05, 0) is 53.4 Å². The lowest BCUT2D eigenvalue weighted by Gasteiger charge is -2.26. The van der Waals surface area contributed by atoms with Crippen molar-refractivity contribution in [3.8, 4) is 0 Å². The Bertz CT molecular complexity index is 1320. The van der Waals surface area contributed by atoms with Gasteiger partial charge in [-0.15, -0.1) is 0 Å². The average Bonchev–Trinajstić information content (AvgIpc) is 3.22. The first-order valence-electron chi connectivity index (χ1n) is 9.63. The molecule has 1 aliphatic heterocycles. The van der Waals surface area contributed by atoms with E-state index in [1.807, 2.05) is 48.2 Å². The number of benzene rings is 2. The molecule has 0 radical (unpaired) electrons. The van der Waals surface area contributed by atoms with E-state index in [1.165, 1.54) is 0 Å². The molecule has 2 aromatic heterocycles. The number of aryl methyl sites for hydroxylation is 1. The Morgan fingerprint density at radius 2 is 2.00 bits per heavy atom. The molecule has 1 atom stereocenters. The van der Waals surface area contributed by atoms with Crippen molar-refractivity contribution >= 4 is 28.6 Å². The Balaban J connectivity index is 1.54. The zero-order valence-electron chi connectivity index (χ0n) is 16.2. The molecule has 3 heterocycles. The van der Waals surface area contributed by atoms with Crippen LogP contribution >= 0.6 is 11.6 Å². The van der Waals surface area contributed by atoms with Crippen molar-refractivity contribution < 1.29 is 9.21 Å². The van der Waals surface area contributed by atoms with Crippen molar-refractivity contribution in [1.82, 2.24) is 14.9 Å². The number of fused-ring (bicyclic) bond motifs is 2. The molecule has 7 heteroatoms. The van der Waals surface area contributed by atoms with E-state index in [-0.39, 0.29) is 11.9 Å². The summed E-state index contributed by atoms with van der Waals surface area (Å²) in [6.07, 6.45) is 2.26. The second-order valence-electron chi connectivity index (χ2n) is 7.48. The quantitative estimate of drug-likeness (QED) is 0.497. The van der Waals surface area contributed by atoms with Crippen LogP contribution in [-0.2, 0) is 13.0 Å². The lowest BCUT2D eigenvalue weighted by Crippen LogP contribution is -2.29. The molecule has 0 bridgehead atoms. The number of nitrogens with one attached hydrogen (secondary N) is 1. The maximum atomic E-state index is 13.2. The molecule has 0 fully saturated rings. The number of rotatable bonds is 4. The van der Waals surface area contributed by atoms with Crippen molar-refractivity contribution in [3.63, 3.8) is 0 Å². The van der Waals surface area contributed by atoms with Crippen LogP contribution in [0, 0.1) is 6.92 Å². The molecule has 5 rings (SSSR count). The zero-order valence-corrected chi connectivity index (χ0v) is 16.9.